The Morgan fingerprint density at radius 2 is 2.11 bits per heavy atom. The number of nitrogens with two attached hydrogens (primary N) is 1. The van der Waals surface area contributed by atoms with E-state index < -0.39 is 21.0 Å². The smallest absolute Gasteiger partial charge is 0.260 e. The van der Waals surface area contributed by atoms with Crippen molar-refractivity contribution >= 4 is 15.9 Å². The summed E-state index contributed by atoms with van der Waals surface area (Å²) in [5, 5.41) is 4.64. The van der Waals surface area contributed by atoms with Gasteiger partial charge in [-0.3, -0.25) is 4.79 Å². The highest BCUT2D eigenvalue weighted by Gasteiger charge is 2.30. The van der Waals surface area contributed by atoms with E-state index in [1.165, 1.54) is 31.3 Å². The van der Waals surface area contributed by atoms with Gasteiger partial charge in [0.05, 0.1) is 6.10 Å². The minimum absolute atomic E-state index is 0.0319. The van der Waals surface area contributed by atoms with Crippen LogP contribution in [0.15, 0.2) is 17.3 Å². The maximum Gasteiger partial charge on any atom is 0.260 e. The van der Waals surface area contributed by atoms with Crippen molar-refractivity contribution < 1.29 is 17.9 Å². The Labute approximate surface area is 111 Å². The molecule has 1 aromatic rings. The van der Waals surface area contributed by atoms with Gasteiger partial charge in [-0.25, -0.2) is 18.5 Å². The van der Waals surface area contributed by atoms with E-state index in [0.29, 0.717) is 0 Å². The standard InChI is InChI=1S/C11H15N3O4S/c1-14(2)11(15)9-8(18-7-3-4-7)5-6-13-10(9)19(12,16)17/h5-7H,3-4H2,1-2H3,(H2,12,16,17). The molecule has 7 nitrogen and oxygen atoms in total. The van der Waals surface area contributed by atoms with E-state index in [9.17, 15) is 13.2 Å². The van der Waals surface area contributed by atoms with Crippen LogP contribution in [0, 0.1) is 0 Å². The van der Waals surface area contributed by atoms with Crippen LogP contribution in [0.4, 0.5) is 0 Å². The van der Waals surface area contributed by atoms with Gasteiger partial charge in [-0.2, -0.15) is 0 Å². The van der Waals surface area contributed by atoms with E-state index in [2.05, 4.69) is 4.98 Å². The number of nitrogens with zero attached hydrogens (tertiary/aromatic N) is 2. The molecule has 104 valence electrons. The summed E-state index contributed by atoms with van der Waals surface area (Å²) >= 11 is 0. The van der Waals surface area contributed by atoms with Crippen molar-refractivity contribution in [2.75, 3.05) is 14.1 Å². The van der Waals surface area contributed by atoms with Gasteiger partial charge in [0.25, 0.3) is 15.9 Å². The van der Waals surface area contributed by atoms with Gasteiger partial charge in [0.2, 0.25) is 0 Å². The average Bonchev–Trinajstić information content (AvgIpc) is 3.10. The first kappa shape index (κ1) is 13.8. The lowest BCUT2D eigenvalue weighted by Gasteiger charge is -2.16. The molecule has 0 bridgehead atoms. The topological polar surface area (TPSA) is 103 Å². The molecule has 0 aromatic carbocycles. The fourth-order valence-electron chi connectivity index (χ4n) is 1.53. The molecule has 0 radical (unpaired) electrons. The number of aromatic nitrogens is 1. The summed E-state index contributed by atoms with van der Waals surface area (Å²) in [6.07, 6.45) is 3.08. The molecule has 0 spiro atoms. The Kier molecular flexibility index (Phi) is 3.46. The molecule has 8 heteroatoms. The maximum absolute atomic E-state index is 12.1. The second-order valence-corrected chi connectivity index (χ2v) is 6.03. The molecular weight excluding hydrogens is 270 g/mol. The van der Waals surface area contributed by atoms with E-state index in [-0.39, 0.29) is 17.4 Å². The van der Waals surface area contributed by atoms with Crippen LogP contribution in [0.1, 0.15) is 23.2 Å². The third-order valence-corrected chi connectivity index (χ3v) is 3.43. The highest BCUT2D eigenvalue weighted by Crippen LogP contribution is 2.31. The summed E-state index contributed by atoms with van der Waals surface area (Å²) in [7, 11) is -1.05. The van der Waals surface area contributed by atoms with Gasteiger partial charge in [0.1, 0.15) is 11.3 Å². The molecule has 2 N–H and O–H groups in total. The van der Waals surface area contributed by atoms with Crippen molar-refractivity contribution in [3.8, 4) is 5.75 Å². The lowest BCUT2D eigenvalue weighted by Crippen LogP contribution is -2.27. The number of sulfonamides is 1. The number of ether oxygens (including phenoxy) is 1. The average molecular weight is 285 g/mol. The predicted octanol–water partition coefficient (Wildman–Crippen LogP) is -0.0280. The van der Waals surface area contributed by atoms with Crippen molar-refractivity contribution in [2.45, 2.75) is 24.0 Å². The summed E-state index contributed by atoms with van der Waals surface area (Å²) in [5.74, 6) is -0.298. The van der Waals surface area contributed by atoms with Gasteiger partial charge in [-0.05, 0) is 18.9 Å². The van der Waals surface area contributed by atoms with E-state index in [1.807, 2.05) is 0 Å². The number of amides is 1. The summed E-state index contributed by atoms with van der Waals surface area (Å²) in [6.45, 7) is 0. The van der Waals surface area contributed by atoms with Crippen molar-refractivity contribution in [3.63, 3.8) is 0 Å². The van der Waals surface area contributed by atoms with Gasteiger partial charge in [-0.15, -0.1) is 0 Å². The number of carbonyl (C=O) groups is 1. The Morgan fingerprint density at radius 3 is 2.58 bits per heavy atom. The van der Waals surface area contributed by atoms with Gasteiger partial charge in [0.15, 0.2) is 5.03 Å². The van der Waals surface area contributed by atoms with Gasteiger partial charge < -0.3 is 9.64 Å². The van der Waals surface area contributed by atoms with Crippen molar-refractivity contribution in [2.24, 2.45) is 5.14 Å². The van der Waals surface area contributed by atoms with E-state index in [0.717, 1.165) is 12.8 Å². The van der Waals surface area contributed by atoms with Crippen LogP contribution in [-0.2, 0) is 10.0 Å². The molecule has 1 heterocycles. The van der Waals surface area contributed by atoms with Crippen LogP contribution in [-0.4, -0.2) is 44.4 Å². The second kappa shape index (κ2) is 4.78. The Bertz CT molecular complexity index is 608. The largest absolute Gasteiger partial charge is 0.489 e. The van der Waals surface area contributed by atoms with Crippen LogP contribution < -0.4 is 9.88 Å². The molecule has 1 aromatic heterocycles. The minimum atomic E-state index is -4.09. The summed E-state index contributed by atoms with van der Waals surface area (Å²) in [4.78, 5) is 17.1. The zero-order valence-electron chi connectivity index (χ0n) is 10.7. The molecule has 1 aliphatic rings. The fraction of sp³-hybridized carbons (Fsp3) is 0.455. The maximum atomic E-state index is 12.1. The number of rotatable bonds is 4. The zero-order valence-corrected chi connectivity index (χ0v) is 11.5. The van der Waals surface area contributed by atoms with Crippen molar-refractivity contribution in [3.05, 3.63) is 17.8 Å². The van der Waals surface area contributed by atoms with Crippen LogP contribution in [0.25, 0.3) is 0 Å². The molecule has 19 heavy (non-hydrogen) atoms. The summed E-state index contributed by atoms with van der Waals surface area (Å²) in [5.41, 5.74) is -0.109. The number of primary sulfonamides is 1. The van der Waals surface area contributed by atoms with E-state index in [1.54, 1.807) is 0 Å². The van der Waals surface area contributed by atoms with Gasteiger partial charge in [0, 0.05) is 20.3 Å². The minimum Gasteiger partial charge on any atom is -0.489 e. The third-order valence-electron chi connectivity index (χ3n) is 2.59. The first-order valence-corrected chi connectivity index (χ1v) is 7.25. The van der Waals surface area contributed by atoms with Crippen LogP contribution in [0.2, 0.25) is 0 Å². The van der Waals surface area contributed by atoms with Crippen LogP contribution in [0.3, 0.4) is 0 Å². The number of hydrogen-bond acceptors (Lipinski definition) is 5. The van der Waals surface area contributed by atoms with Gasteiger partial charge >= 0.3 is 0 Å². The molecule has 0 saturated heterocycles. The third kappa shape index (κ3) is 3.02. The monoisotopic (exact) mass is 285 g/mol. The van der Waals surface area contributed by atoms with Crippen LogP contribution in [0.5, 0.6) is 5.75 Å². The molecule has 1 fully saturated rings. The number of hydrogen-bond donors (Lipinski definition) is 1. The molecule has 1 saturated carbocycles. The first-order chi connectivity index (χ1) is 8.80. The molecule has 1 aliphatic carbocycles. The van der Waals surface area contributed by atoms with Crippen molar-refractivity contribution in [1.29, 1.82) is 0 Å². The van der Waals surface area contributed by atoms with E-state index >= 15 is 0 Å². The zero-order chi connectivity index (χ0) is 14.2. The molecular formula is C11H15N3O4S. The summed E-state index contributed by atoms with van der Waals surface area (Å²) in [6, 6.07) is 1.48. The predicted molar refractivity (Wildman–Crippen MR) is 67.3 cm³/mol. The highest BCUT2D eigenvalue weighted by molar-refractivity contribution is 7.89. The molecule has 0 aliphatic heterocycles. The lowest BCUT2D eigenvalue weighted by molar-refractivity contribution is 0.0817. The number of carbonyl (C=O) groups excluding carboxylic acids is 1. The molecule has 1 amide bonds. The second-order valence-electron chi connectivity index (χ2n) is 4.55. The molecule has 0 unspecified atom stereocenters. The molecule has 0 atom stereocenters. The van der Waals surface area contributed by atoms with E-state index in [4.69, 9.17) is 9.88 Å². The quantitative estimate of drug-likeness (QED) is 0.837. The fourth-order valence-corrected chi connectivity index (χ4v) is 2.21. The SMILES string of the molecule is CN(C)C(=O)c1c(OC2CC2)ccnc1S(N)(=O)=O. The van der Waals surface area contributed by atoms with Crippen LogP contribution >= 0.6 is 0 Å². The molecule has 2 rings (SSSR count). The Balaban J connectivity index is 2.57. The Hall–Kier alpha value is -1.67. The summed E-state index contributed by atoms with van der Waals surface area (Å²) < 4.78 is 28.6. The van der Waals surface area contributed by atoms with Gasteiger partial charge in [-0.1, -0.05) is 0 Å². The first-order valence-electron chi connectivity index (χ1n) is 5.71. The highest BCUT2D eigenvalue weighted by atomic mass is 32.2. The normalized spacial score (nSPS) is 15.1. The Morgan fingerprint density at radius 1 is 1.47 bits per heavy atom. The van der Waals surface area contributed by atoms with Crippen molar-refractivity contribution in [1.82, 2.24) is 9.88 Å². The number of pyridine rings is 1. The lowest BCUT2D eigenvalue weighted by atomic mass is 10.2.